The van der Waals surface area contributed by atoms with Crippen molar-refractivity contribution in [3.05, 3.63) is 30.1 Å². The Morgan fingerprint density at radius 3 is 2.56 bits per heavy atom. The first-order valence-electron chi connectivity index (χ1n) is 4.93. The average molecular weight is 222 g/mol. The van der Waals surface area contributed by atoms with Crippen LogP contribution >= 0.6 is 0 Å². The van der Waals surface area contributed by atoms with E-state index in [1.165, 1.54) is 12.4 Å². The van der Waals surface area contributed by atoms with E-state index in [2.05, 4.69) is 15.8 Å². The number of amides is 2. The molecule has 1 heterocycles. The molecule has 0 aliphatic rings. The number of hydrazine groups is 1. The highest BCUT2D eigenvalue weighted by Gasteiger charge is 2.05. The zero-order valence-electron chi connectivity index (χ0n) is 8.77. The predicted molar refractivity (Wildman–Crippen MR) is 58.1 cm³/mol. The third kappa shape index (κ3) is 4.05. The molecule has 0 bridgehead atoms. The molecule has 1 aromatic heterocycles. The summed E-state index contributed by atoms with van der Waals surface area (Å²) in [6, 6.07) is 3.11. The molecule has 2 amide bonds. The van der Waals surface area contributed by atoms with Crippen LogP contribution in [0.3, 0.4) is 0 Å². The van der Waals surface area contributed by atoms with Crippen molar-refractivity contribution in [2.45, 2.75) is 12.8 Å². The number of nitrogens with one attached hydrogen (secondary N) is 2. The third-order valence-electron chi connectivity index (χ3n) is 1.87. The molecule has 6 heteroatoms. The Labute approximate surface area is 93.2 Å². The summed E-state index contributed by atoms with van der Waals surface area (Å²) in [5.41, 5.74) is 10.3. The second kappa shape index (κ2) is 6.52. The zero-order chi connectivity index (χ0) is 11.8. The number of rotatable bonds is 4. The maximum absolute atomic E-state index is 11.4. The van der Waals surface area contributed by atoms with Gasteiger partial charge in [0.15, 0.2) is 0 Å². The number of carbonyl (C=O) groups excluding carboxylic acids is 2. The van der Waals surface area contributed by atoms with Gasteiger partial charge in [-0.1, -0.05) is 0 Å². The molecule has 0 unspecified atom stereocenters. The molecule has 0 radical (unpaired) electrons. The van der Waals surface area contributed by atoms with Crippen LogP contribution in [0.5, 0.6) is 0 Å². The van der Waals surface area contributed by atoms with Crippen molar-refractivity contribution >= 4 is 11.8 Å². The van der Waals surface area contributed by atoms with Gasteiger partial charge in [-0.25, -0.2) is 0 Å². The third-order valence-corrected chi connectivity index (χ3v) is 1.87. The van der Waals surface area contributed by atoms with Crippen LogP contribution in [-0.4, -0.2) is 23.3 Å². The number of hydrogen-bond donors (Lipinski definition) is 3. The fourth-order valence-electron chi connectivity index (χ4n) is 1.03. The van der Waals surface area contributed by atoms with Crippen LogP contribution in [0.15, 0.2) is 24.5 Å². The summed E-state index contributed by atoms with van der Waals surface area (Å²) < 4.78 is 0. The Hall–Kier alpha value is -1.95. The minimum Gasteiger partial charge on any atom is -0.330 e. The van der Waals surface area contributed by atoms with Crippen molar-refractivity contribution in [2.75, 3.05) is 6.54 Å². The van der Waals surface area contributed by atoms with Crippen LogP contribution in [0.4, 0.5) is 0 Å². The minimum absolute atomic E-state index is 0.257. The van der Waals surface area contributed by atoms with Crippen LogP contribution in [0, 0.1) is 0 Å². The summed E-state index contributed by atoms with van der Waals surface area (Å²) in [5.74, 6) is -0.628. The molecule has 6 nitrogen and oxygen atoms in total. The van der Waals surface area contributed by atoms with E-state index in [0.717, 1.165) is 0 Å². The van der Waals surface area contributed by atoms with E-state index < -0.39 is 0 Å². The maximum atomic E-state index is 11.4. The molecule has 0 atom stereocenters. The Bertz CT molecular complexity index is 353. The molecule has 86 valence electrons. The molecular weight excluding hydrogens is 208 g/mol. The molecule has 0 aliphatic heterocycles. The first-order chi connectivity index (χ1) is 7.74. The van der Waals surface area contributed by atoms with Gasteiger partial charge in [-0.2, -0.15) is 0 Å². The molecular formula is C10H14N4O2. The Morgan fingerprint density at radius 1 is 1.25 bits per heavy atom. The largest absolute Gasteiger partial charge is 0.330 e. The first kappa shape index (κ1) is 12.1. The quantitative estimate of drug-likeness (QED) is 0.603. The molecule has 0 fully saturated rings. The van der Waals surface area contributed by atoms with Crippen molar-refractivity contribution < 1.29 is 9.59 Å². The summed E-state index contributed by atoms with van der Waals surface area (Å²) in [4.78, 5) is 26.4. The smallest absolute Gasteiger partial charge is 0.269 e. The van der Waals surface area contributed by atoms with Gasteiger partial charge < -0.3 is 5.73 Å². The van der Waals surface area contributed by atoms with E-state index in [1.54, 1.807) is 12.1 Å². The highest BCUT2D eigenvalue weighted by Crippen LogP contribution is 1.94. The van der Waals surface area contributed by atoms with Crippen molar-refractivity contribution in [1.29, 1.82) is 0 Å². The summed E-state index contributed by atoms with van der Waals surface area (Å²) >= 11 is 0. The molecule has 0 spiro atoms. The van der Waals surface area contributed by atoms with Gasteiger partial charge in [0.25, 0.3) is 5.91 Å². The van der Waals surface area contributed by atoms with E-state index in [1.807, 2.05) is 0 Å². The molecule has 1 aromatic rings. The highest BCUT2D eigenvalue weighted by molar-refractivity contribution is 5.95. The second-order valence-electron chi connectivity index (χ2n) is 3.13. The van der Waals surface area contributed by atoms with E-state index in [-0.39, 0.29) is 11.8 Å². The molecule has 0 aliphatic carbocycles. The Kier molecular flexibility index (Phi) is 4.94. The lowest BCUT2D eigenvalue weighted by Gasteiger charge is -2.06. The molecule has 4 N–H and O–H groups in total. The van der Waals surface area contributed by atoms with Crippen molar-refractivity contribution in [3.8, 4) is 0 Å². The van der Waals surface area contributed by atoms with Gasteiger partial charge in [-0.05, 0) is 25.1 Å². The van der Waals surface area contributed by atoms with Gasteiger partial charge in [-0.3, -0.25) is 25.4 Å². The number of hydrogen-bond acceptors (Lipinski definition) is 4. The van der Waals surface area contributed by atoms with Gasteiger partial charge in [-0.15, -0.1) is 0 Å². The number of carbonyl (C=O) groups is 2. The van der Waals surface area contributed by atoms with Crippen molar-refractivity contribution in [3.63, 3.8) is 0 Å². The number of pyridine rings is 1. The lowest BCUT2D eigenvalue weighted by Crippen LogP contribution is -2.41. The molecule has 1 rings (SSSR count). The second-order valence-corrected chi connectivity index (χ2v) is 3.13. The lowest BCUT2D eigenvalue weighted by molar-refractivity contribution is -0.121. The van der Waals surface area contributed by atoms with Crippen molar-refractivity contribution in [1.82, 2.24) is 15.8 Å². The number of nitrogens with zero attached hydrogens (tertiary/aromatic N) is 1. The van der Waals surface area contributed by atoms with E-state index in [0.29, 0.717) is 24.9 Å². The van der Waals surface area contributed by atoms with Crippen LogP contribution in [0.25, 0.3) is 0 Å². The van der Waals surface area contributed by atoms with Crippen molar-refractivity contribution in [2.24, 2.45) is 5.73 Å². The summed E-state index contributed by atoms with van der Waals surface area (Å²) in [6.07, 6.45) is 3.90. The van der Waals surface area contributed by atoms with Gasteiger partial charge >= 0.3 is 0 Å². The van der Waals surface area contributed by atoms with E-state index in [9.17, 15) is 9.59 Å². The molecule has 0 saturated heterocycles. The van der Waals surface area contributed by atoms with Crippen LogP contribution in [-0.2, 0) is 4.79 Å². The lowest BCUT2D eigenvalue weighted by atomic mass is 10.2. The predicted octanol–water partition coefficient (Wildman–Crippen LogP) is -0.418. The number of nitrogens with two attached hydrogens (primary N) is 1. The van der Waals surface area contributed by atoms with Crippen LogP contribution in [0.2, 0.25) is 0 Å². The van der Waals surface area contributed by atoms with E-state index in [4.69, 9.17) is 5.73 Å². The van der Waals surface area contributed by atoms with Crippen LogP contribution < -0.4 is 16.6 Å². The number of aromatic nitrogens is 1. The monoisotopic (exact) mass is 222 g/mol. The fraction of sp³-hybridized carbons (Fsp3) is 0.300. The standard InChI is InChI=1S/C10H14N4O2/c11-5-1-2-9(15)13-14-10(16)8-3-6-12-7-4-8/h3-4,6-7H,1-2,5,11H2,(H,13,15)(H,14,16). The highest BCUT2D eigenvalue weighted by atomic mass is 16.2. The Balaban J connectivity index is 2.33. The summed E-state index contributed by atoms with van der Waals surface area (Å²) in [6.45, 7) is 0.450. The normalized spacial score (nSPS) is 9.56. The first-order valence-corrected chi connectivity index (χ1v) is 4.93. The molecule has 0 saturated carbocycles. The van der Waals surface area contributed by atoms with Gasteiger partial charge in [0.05, 0.1) is 0 Å². The molecule has 16 heavy (non-hydrogen) atoms. The summed E-state index contributed by atoms with van der Waals surface area (Å²) in [5, 5.41) is 0. The zero-order valence-corrected chi connectivity index (χ0v) is 8.77. The SMILES string of the molecule is NCCCC(=O)NNC(=O)c1ccncc1. The van der Waals surface area contributed by atoms with Gasteiger partial charge in [0.1, 0.15) is 0 Å². The topological polar surface area (TPSA) is 97.1 Å². The molecule has 0 aromatic carbocycles. The minimum atomic E-state index is -0.372. The van der Waals surface area contributed by atoms with Gasteiger partial charge in [0, 0.05) is 24.4 Å². The summed E-state index contributed by atoms with van der Waals surface area (Å²) in [7, 11) is 0. The van der Waals surface area contributed by atoms with Crippen LogP contribution in [0.1, 0.15) is 23.2 Å². The maximum Gasteiger partial charge on any atom is 0.269 e. The Morgan fingerprint density at radius 2 is 1.94 bits per heavy atom. The fourth-order valence-corrected chi connectivity index (χ4v) is 1.03. The van der Waals surface area contributed by atoms with Gasteiger partial charge in [0.2, 0.25) is 5.91 Å². The van der Waals surface area contributed by atoms with E-state index >= 15 is 0 Å². The average Bonchev–Trinajstić information content (AvgIpc) is 2.34.